The zero-order chi connectivity index (χ0) is 17.7. The fourth-order valence-electron chi connectivity index (χ4n) is 2.59. The minimum atomic E-state index is -0.797. The summed E-state index contributed by atoms with van der Waals surface area (Å²) in [4.78, 5) is 20.7. The first kappa shape index (κ1) is 18.2. The molecule has 0 aliphatic carbocycles. The largest absolute Gasteiger partial charge is 0.473 e. The van der Waals surface area contributed by atoms with E-state index in [2.05, 4.69) is 23.8 Å². The van der Waals surface area contributed by atoms with Gasteiger partial charge in [-0.15, -0.1) is 11.3 Å². The number of nitrogens with zero attached hydrogens (tertiary/aromatic N) is 2. The van der Waals surface area contributed by atoms with Gasteiger partial charge in [0.15, 0.2) is 0 Å². The first-order valence-electron chi connectivity index (χ1n) is 7.78. The molecule has 0 radical (unpaired) electrons. The van der Waals surface area contributed by atoms with Gasteiger partial charge in [0, 0.05) is 18.0 Å². The topological polar surface area (TPSA) is 87.3 Å². The minimum Gasteiger partial charge on any atom is -0.473 e. The number of nitrogens with two attached hydrogens (primary N) is 1. The molecular weight excluding hydrogens is 326 g/mol. The van der Waals surface area contributed by atoms with Gasteiger partial charge in [-0.25, -0.2) is 9.78 Å². The van der Waals surface area contributed by atoms with E-state index >= 15 is 0 Å². The molecule has 0 aromatic carbocycles. The summed E-state index contributed by atoms with van der Waals surface area (Å²) in [7, 11) is 0. The number of aryl methyl sites for hydroxylation is 1. The van der Waals surface area contributed by atoms with E-state index in [9.17, 15) is 4.79 Å². The van der Waals surface area contributed by atoms with Gasteiger partial charge in [-0.1, -0.05) is 13.8 Å². The van der Waals surface area contributed by atoms with E-state index in [1.165, 1.54) is 0 Å². The Morgan fingerprint density at radius 1 is 1.38 bits per heavy atom. The summed E-state index contributed by atoms with van der Waals surface area (Å²) < 4.78 is 11.1. The Kier molecular flexibility index (Phi) is 5.77. The van der Waals surface area contributed by atoms with Gasteiger partial charge in [-0.05, 0) is 38.3 Å². The van der Waals surface area contributed by atoms with Crippen LogP contribution in [0.2, 0.25) is 0 Å². The minimum absolute atomic E-state index is 0.203. The highest BCUT2D eigenvalue weighted by molar-refractivity contribution is 7.15. The summed E-state index contributed by atoms with van der Waals surface area (Å²) in [6, 6.07) is 3.81. The lowest BCUT2D eigenvalue weighted by Crippen LogP contribution is -2.41. The number of rotatable bonds is 7. The Morgan fingerprint density at radius 3 is 2.62 bits per heavy atom. The van der Waals surface area contributed by atoms with Crippen LogP contribution in [0.5, 0.6) is 5.88 Å². The fraction of sp³-hybridized carbons (Fsp3) is 0.471. The summed E-state index contributed by atoms with van der Waals surface area (Å²) in [6.45, 7) is 8.08. The van der Waals surface area contributed by atoms with Crippen molar-refractivity contribution in [3.05, 3.63) is 29.4 Å². The number of ether oxygens (including phenoxy) is 2. The number of hydrogen-bond acceptors (Lipinski definition) is 6. The molecule has 2 rings (SSSR count). The zero-order valence-corrected chi connectivity index (χ0v) is 15.2. The average molecular weight is 349 g/mol. The van der Waals surface area contributed by atoms with Crippen molar-refractivity contribution in [2.75, 3.05) is 6.61 Å². The van der Waals surface area contributed by atoms with Gasteiger partial charge < -0.3 is 15.2 Å². The van der Waals surface area contributed by atoms with Gasteiger partial charge >= 0.3 is 6.09 Å². The van der Waals surface area contributed by atoms with E-state index in [-0.39, 0.29) is 6.61 Å². The lowest BCUT2D eigenvalue weighted by Gasteiger charge is -2.29. The SMILES string of the molecule is Cc1sc(-c2ccncc2)nc1OCC(C)(CC(C)C)OC(N)=O. The number of amides is 1. The molecule has 7 heteroatoms. The van der Waals surface area contributed by atoms with E-state index in [0.717, 1.165) is 15.4 Å². The molecule has 1 amide bonds. The summed E-state index contributed by atoms with van der Waals surface area (Å²) in [5.74, 6) is 0.886. The molecule has 1 unspecified atom stereocenters. The smallest absolute Gasteiger partial charge is 0.405 e. The predicted octanol–water partition coefficient (Wildman–Crippen LogP) is 3.79. The van der Waals surface area contributed by atoms with Crippen molar-refractivity contribution in [3.63, 3.8) is 0 Å². The highest BCUT2D eigenvalue weighted by atomic mass is 32.1. The molecule has 0 spiro atoms. The molecule has 0 aliphatic rings. The maximum Gasteiger partial charge on any atom is 0.405 e. The number of thiazole rings is 1. The Bertz CT molecular complexity index is 688. The van der Waals surface area contributed by atoms with E-state index in [0.29, 0.717) is 18.2 Å². The molecule has 6 nitrogen and oxygen atoms in total. The monoisotopic (exact) mass is 349 g/mol. The number of carbonyl (C=O) groups is 1. The van der Waals surface area contributed by atoms with Crippen LogP contribution in [0, 0.1) is 12.8 Å². The van der Waals surface area contributed by atoms with Crippen LogP contribution in [0.1, 0.15) is 32.1 Å². The molecule has 2 aromatic heterocycles. The van der Waals surface area contributed by atoms with Crippen LogP contribution in [0.25, 0.3) is 10.6 Å². The van der Waals surface area contributed by atoms with Crippen molar-refractivity contribution < 1.29 is 14.3 Å². The molecule has 0 saturated carbocycles. The number of aromatic nitrogens is 2. The maximum atomic E-state index is 11.2. The van der Waals surface area contributed by atoms with Crippen LogP contribution >= 0.6 is 11.3 Å². The number of hydrogen-bond donors (Lipinski definition) is 1. The number of carbonyl (C=O) groups excluding carboxylic acids is 1. The zero-order valence-electron chi connectivity index (χ0n) is 14.4. The van der Waals surface area contributed by atoms with Crippen LogP contribution in [-0.4, -0.2) is 28.3 Å². The third kappa shape index (κ3) is 4.92. The molecule has 2 aromatic rings. The molecule has 0 saturated heterocycles. The Hall–Kier alpha value is -2.15. The molecule has 0 fully saturated rings. The van der Waals surface area contributed by atoms with Gasteiger partial charge in [-0.3, -0.25) is 4.98 Å². The highest BCUT2D eigenvalue weighted by Crippen LogP contribution is 2.32. The van der Waals surface area contributed by atoms with Gasteiger partial charge in [0.05, 0.1) is 4.88 Å². The van der Waals surface area contributed by atoms with E-state index in [1.807, 2.05) is 26.0 Å². The lowest BCUT2D eigenvalue weighted by molar-refractivity contribution is -0.0196. The standard InChI is InChI=1S/C17H23N3O3S/c1-11(2)9-17(4,23-16(18)21)10-22-14-12(3)24-15(20-14)13-5-7-19-8-6-13/h5-8,11H,9-10H2,1-4H3,(H2,18,21). The quantitative estimate of drug-likeness (QED) is 0.821. The normalized spacial score (nSPS) is 13.5. The van der Waals surface area contributed by atoms with Gasteiger partial charge in [0.1, 0.15) is 17.2 Å². The van der Waals surface area contributed by atoms with Crippen molar-refractivity contribution in [2.45, 2.75) is 39.7 Å². The van der Waals surface area contributed by atoms with Crippen LogP contribution < -0.4 is 10.5 Å². The second-order valence-corrected chi connectivity index (χ2v) is 7.58. The van der Waals surface area contributed by atoms with Crippen LogP contribution in [0.4, 0.5) is 4.79 Å². The van der Waals surface area contributed by atoms with Gasteiger partial charge in [0.2, 0.25) is 5.88 Å². The molecule has 24 heavy (non-hydrogen) atoms. The third-order valence-corrected chi connectivity index (χ3v) is 4.38. The summed E-state index contributed by atoms with van der Waals surface area (Å²) >= 11 is 1.55. The van der Waals surface area contributed by atoms with Crippen LogP contribution in [0.15, 0.2) is 24.5 Å². The summed E-state index contributed by atoms with van der Waals surface area (Å²) in [6.07, 6.45) is 3.31. The predicted molar refractivity (Wildman–Crippen MR) is 94.1 cm³/mol. The van der Waals surface area contributed by atoms with Crippen LogP contribution in [0.3, 0.4) is 0 Å². The van der Waals surface area contributed by atoms with E-state index in [1.54, 1.807) is 23.7 Å². The third-order valence-electron chi connectivity index (χ3n) is 3.38. The molecule has 2 heterocycles. The van der Waals surface area contributed by atoms with Crippen molar-refractivity contribution in [2.24, 2.45) is 11.7 Å². The highest BCUT2D eigenvalue weighted by Gasteiger charge is 2.31. The Balaban J connectivity index is 2.12. The molecular formula is C17H23N3O3S. The average Bonchev–Trinajstić information content (AvgIpc) is 2.86. The van der Waals surface area contributed by atoms with E-state index < -0.39 is 11.7 Å². The Labute approximate surface area is 146 Å². The van der Waals surface area contributed by atoms with Crippen molar-refractivity contribution in [1.82, 2.24) is 9.97 Å². The second kappa shape index (κ2) is 7.61. The van der Waals surface area contributed by atoms with Crippen LogP contribution in [-0.2, 0) is 4.74 Å². The molecule has 1 atom stereocenters. The summed E-state index contributed by atoms with van der Waals surface area (Å²) in [5.41, 5.74) is 5.40. The number of pyridine rings is 1. The van der Waals surface area contributed by atoms with Crippen molar-refractivity contribution >= 4 is 17.4 Å². The summed E-state index contributed by atoms with van der Waals surface area (Å²) in [5, 5.41) is 0.867. The maximum absolute atomic E-state index is 11.2. The van der Waals surface area contributed by atoms with E-state index in [4.69, 9.17) is 15.2 Å². The molecule has 2 N–H and O–H groups in total. The fourth-order valence-corrected chi connectivity index (χ4v) is 3.46. The first-order chi connectivity index (χ1) is 11.3. The molecule has 0 aliphatic heterocycles. The second-order valence-electron chi connectivity index (χ2n) is 6.37. The van der Waals surface area contributed by atoms with Gasteiger partial charge in [-0.2, -0.15) is 0 Å². The Morgan fingerprint density at radius 2 is 2.04 bits per heavy atom. The van der Waals surface area contributed by atoms with Crippen molar-refractivity contribution in [1.29, 1.82) is 0 Å². The lowest BCUT2D eigenvalue weighted by atomic mass is 9.95. The van der Waals surface area contributed by atoms with Gasteiger partial charge in [0.25, 0.3) is 0 Å². The molecule has 130 valence electrons. The number of primary amides is 1. The molecule has 0 bridgehead atoms. The van der Waals surface area contributed by atoms with Crippen molar-refractivity contribution in [3.8, 4) is 16.5 Å². The first-order valence-corrected chi connectivity index (χ1v) is 8.60.